The molecule has 19 heavy (non-hydrogen) atoms. The normalized spacial score (nSPS) is 12.5. The summed E-state index contributed by atoms with van der Waals surface area (Å²) in [6.45, 7) is 5.95. The van der Waals surface area contributed by atoms with E-state index in [-0.39, 0.29) is 11.9 Å². The second-order valence-corrected chi connectivity index (χ2v) is 5.02. The zero-order valence-electron chi connectivity index (χ0n) is 11.5. The first-order valence-corrected chi connectivity index (χ1v) is 6.31. The highest BCUT2D eigenvalue weighted by molar-refractivity contribution is 5.40. The number of halogens is 1. The molecule has 2 aromatic carbocycles. The van der Waals surface area contributed by atoms with E-state index < -0.39 is 0 Å². The largest absolute Gasteiger partial charge is 0.271 e. The Morgan fingerprint density at radius 3 is 2.37 bits per heavy atom. The first-order chi connectivity index (χ1) is 9.01. The Balaban J connectivity index is 2.52. The third kappa shape index (κ3) is 3.00. The summed E-state index contributed by atoms with van der Waals surface area (Å²) in [6.07, 6.45) is 0. The van der Waals surface area contributed by atoms with Gasteiger partial charge < -0.3 is 0 Å². The maximum Gasteiger partial charge on any atom is 0.123 e. The molecular weight excluding hydrogens is 239 g/mol. The first-order valence-electron chi connectivity index (χ1n) is 6.31. The lowest BCUT2D eigenvalue weighted by Gasteiger charge is -2.20. The maximum absolute atomic E-state index is 13.6. The molecule has 0 bridgehead atoms. The molecular formula is C16H19FN2. The van der Waals surface area contributed by atoms with Gasteiger partial charge in [-0.25, -0.2) is 9.82 Å². The molecule has 0 spiro atoms. The zero-order chi connectivity index (χ0) is 14.0. The van der Waals surface area contributed by atoms with E-state index in [1.54, 1.807) is 0 Å². The van der Waals surface area contributed by atoms with E-state index in [0.29, 0.717) is 0 Å². The molecule has 0 aliphatic carbocycles. The smallest absolute Gasteiger partial charge is 0.123 e. The minimum Gasteiger partial charge on any atom is -0.271 e. The Labute approximate surface area is 113 Å². The number of hydrogen-bond acceptors (Lipinski definition) is 2. The average molecular weight is 258 g/mol. The molecule has 0 radical (unpaired) electrons. The highest BCUT2D eigenvalue weighted by Gasteiger charge is 2.16. The fraction of sp³-hybridized carbons (Fsp3) is 0.250. The Morgan fingerprint density at radius 1 is 1.00 bits per heavy atom. The molecule has 0 aliphatic rings. The predicted octanol–water partition coefficient (Wildman–Crippen LogP) is 3.30. The van der Waals surface area contributed by atoms with Crippen molar-refractivity contribution < 1.29 is 4.39 Å². The fourth-order valence-corrected chi connectivity index (χ4v) is 2.37. The van der Waals surface area contributed by atoms with E-state index in [1.807, 2.05) is 26.8 Å². The van der Waals surface area contributed by atoms with Gasteiger partial charge in [0, 0.05) is 0 Å². The van der Waals surface area contributed by atoms with Gasteiger partial charge in [0.15, 0.2) is 0 Å². The molecule has 2 rings (SSSR count). The van der Waals surface area contributed by atoms with Crippen LogP contribution >= 0.6 is 0 Å². The molecule has 0 saturated heterocycles. The van der Waals surface area contributed by atoms with Crippen LogP contribution in [0.15, 0.2) is 36.4 Å². The summed E-state index contributed by atoms with van der Waals surface area (Å²) in [6, 6.07) is 11.0. The van der Waals surface area contributed by atoms with Gasteiger partial charge >= 0.3 is 0 Å². The minimum atomic E-state index is -0.236. The van der Waals surface area contributed by atoms with Gasteiger partial charge in [0.2, 0.25) is 0 Å². The quantitative estimate of drug-likeness (QED) is 0.655. The lowest BCUT2D eigenvalue weighted by Crippen LogP contribution is -2.29. The Kier molecular flexibility index (Phi) is 3.98. The Morgan fingerprint density at radius 2 is 1.74 bits per heavy atom. The van der Waals surface area contributed by atoms with Crippen LogP contribution in [0.4, 0.5) is 4.39 Å². The van der Waals surface area contributed by atoms with E-state index in [2.05, 4.69) is 23.6 Å². The van der Waals surface area contributed by atoms with Gasteiger partial charge in [-0.05, 0) is 55.2 Å². The van der Waals surface area contributed by atoms with Gasteiger partial charge in [-0.15, -0.1) is 0 Å². The minimum absolute atomic E-state index is 0.200. The van der Waals surface area contributed by atoms with Crippen molar-refractivity contribution in [3.63, 3.8) is 0 Å². The van der Waals surface area contributed by atoms with Crippen LogP contribution in [0.3, 0.4) is 0 Å². The fourth-order valence-electron chi connectivity index (χ4n) is 2.37. The molecule has 0 heterocycles. The van der Waals surface area contributed by atoms with Crippen LogP contribution in [0.5, 0.6) is 0 Å². The van der Waals surface area contributed by atoms with Crippen molar-refractivity contribution >= 4 is 0 Å². The summed E-state index contributed by atoms with van der Waals surface area (Å²) < 4.78 is 13.6. The molecule has 0 aliphatic heterocycles. The number of hydrogen-bond donors (Lipinski definition) is 2. The summed E-state index contributed by atoms with van der Waals surface area (Å²) in [5.74, 6) is 5.45. The van der Waals surface area contributed by atoms with Crippen molar-refractivity contribution in [2.24, 2.45) is 5.84 Å². The summed E-state index contributed by atoms with van der Waals surface area (Å²) >= 11 is 0. The molecule has 0 fully saturated rings. The molecule has 0 aromatic heterocycles. The van der Waals surface area contributed by atoms with Gasteiger partial charge in [-0.2, -0.15) is 0 Å². The van der Waals surface area contributed by atoms with Crippen molar-refractivity contribution in [3.05, 3.63) is 70.0 Å². The lowest BCUT2D eigenvalue weighted by atomic mass is 9.93. The molecule has 0 saturated carbocycles. The highest BCUT2D eigenvalue weighted by atomic mass is 19.1. The third-order valence-corrected chi connectivity index (χ3v) is 3.31. The van der Waals surface area contributed by atoms with Crippen LogP contribution < -0.4 is 11.3 Å². The van der Waals surface area contributed by atoms with Crippen LogP contribution in [0.25, 0.3) is 0 Å². The first kappa shape index (κ1) is 13.7. The van der Waals surface area contributed by atoms with E-state index in [9.17, 15) is 4.39 Å². The Hall–Kier alpha value is -1.71. The molecule has 3 N–H and O–H groups in total. The summed E-state index contributed by atoms with van der Waals surface area (Å²) in [4.78, 5) is 0. The summed E-state index contributed by atoms with van der Waals surface area (Å²) in [5, 5.41) is 0. The second-order valence-electron chi connectivity index (χ2n) is 5.02. The summed E-state index contributed by atoms with van der Waals surface area (Å²) in [7, 11) is 0. The number of aryl methyl sites for hydroxylation is 3. The van der Waals surface area contributed by atoms with Gasteiger partial charge in [0.1, 0.15) is 5.82 Å². The van der Waals surface area contributed by atoms with Gasteiger partial charge in [-0.1, -0.05) is 29.8 Å². The summed E-state index contributed by atoms with van der Waals surface area (Å²) in [5.41, 5.74) is 7.89. The Bertz CT molecular complexity index is 573. The zero-order valence-corrected chi connectivity index (χ0v) is 11.5. The van der Waals surface area contributed by atoms with Crippen molar-refractivity contribution in [2.75, 3.05) is 0 Å². The van der Waals surface area contributed by atoms with E-state index in [1.165, 1.54) is 12.1 Å². The van der Waals surface area contributed by atoms with Crippen LogP contribution in [-0.2, 0) is 0 Å². The van der Waals surface area contributed by atoms with Crippen LogP contribution in [0, 0.1) is 26.6 Å². The lowest BCUT2D eigenvalue weighted by molar-refractivity contribution is 0.602. The number of hydrazine groups is 1. The van der Waals surface area contributed by atoms with Crippen LogP contribution in [0.1, 0.15) is 33.9 Å². The van der Waals surface area contributed by atoms with Gasteiger partial charge in [0.25, 0.3) is 0 Å². The number of rotatable bonds is 3. The van der Waals surface area contributed by atoms with Crippen LogP contribution in [-0.4, -0.2) is 0 Å². The average Bonchev–Trinajstić information content (AvgIpc) is 2.33. The molecule has 100 valence electrons. The highest BCUT2D eigenvalue weighted by Crippen LogP contribution is 2.26. The number of nitrogens with one attached hydrogen (secondary N) is 1. The number of benzene rings is 2. The van der Waals surface area contributed by atoms with E-state index >= 15 is 0 Å². The SMILES string of the molecule is Cc1cc(F)cc(C(NN)c2cc(C)ccc2C)c1. The maximum atomic E-state index is 13.6. The third-order valence-electron chi connectivity index (χ3n) is 3.31. The topological polar surface area (TPSA) is 38.0 Å². The molecule has 2 nitrogen and oxygen atoms in total. The molecule has 3 heteroatoms. The van der Waals surface area contributed by atoms with Gasteiger partial charge in [-0.3, -0.25) is 5.84 Å². The van der Waals surface area contributed by atoms with E-state index in [4.69, 9.17) is 5.84 Å². The molecule has 2 aromatic rings. The van der Waals surface area contributed by atoms with E-state index in [0.717, 1.165) is 27.8 Å². The van der Waals surface area contributed by atoms with Crippen molar-refractivity contribution in [1.29, 1.82) is 0 Å². The van der Waals surface area contributed by atoms with Crippen LogP contribution in [0.2, 0.25) is 0 Å². The molecule has 1 unspecified atom stereocenters. The van der Waals surface area contributed by atoms with Crippen molar-refractivity contribution in [3.8, 4) is 0 Å². The monoisotopic (exact) mass is 258 g/mol. The molecule has 0 amide bonds. The standard InChI is InChI=1S/C16H19FN2/c1-10-4-5-12(3)15(8-10)16(19-18)13-6-11(2)7-14(17)9-13/h4-9,16,19H,18H2,1-3H3. The molecule has 1 atom stereocenters. The van der Waals surface area contributed by atoms with Crippen molar-refractivity contribution in [1.82, 2.24) is 5.43 Å². The number of nitrogens with two attached hydrogens (primary N) is 1. The van der Waals surface area contributed by atoms with Gasteiger partial charge in [0.05, 0.1) is 6.04 Å². The second kappa shape index (κ2) is 5.51. The predicted molar refractivity (Wildman–Crippen MR) is 76.2 cm³/mol. The van der Waals surface area contributed by atoms with Crippen molar-refractivity contribution in [2.45, 2.75) is 26.8 Å².